The van der Waals surface area contributed by atoms with Crippen molar-refractivity contribution in [2.24, 2.45) is 0 Å². The van der Waals surface area contributed by atoms with Crippen molar-refractivity contribution in [1.82, 2.24) is 4.31 Å². The molecule has 0 aliphatic carbocycles. The molecule has 0 spiro atoms. The number of hydrogen-bond acceptors (Lipinski definition) is 4. The Balaban J connectivity index is 1.86. The maximum Gasteiger partial charge on any atom is 0.267 e. The van der Waals surface area contributed by atoms with E-state index in [0.29, 0.717) is 43.8 Å². The first-order chi connectivity index (χ1) is 13.7. The Kier molecular flexibility index (Phi) is 6.77. The van der Waals surface area contributed by atoms with Crippen molar-refractivity contribution in [1.29, 1.82) is 0 Å². The fraction of sp³-hybridized carbons (Fsp3) is 0.211. The second-order valence-electron chi connectivity index (χ2n) is 6.07. The van der Waals surface area contributed by atoms with Crippen LogP contribution in [0, 0.1) is 0 Å². The molecule has 1 N–H and O–H groups in total. The minimum absolute atomic E-state index is 0.167. The van der Waals surface area contributed by atoms with Crippen LogP contribution in [0.1, 0.15) is 23.5 Å². The van der Waals surface area contributed by atoms with Gasteiger partial charge < -0.3 is 5.32 Å². The van der Waals surface area contributed by atoms with E-state index in [0.717, 1.165) is 0 Å². The van der Waals surface area contributed by atoms with Gasteiger partial charge in [-0.1, -0.05) is 48.7 Å². The first-order valence-corrected chi connectivity index (χ1v) is 12.1. The molecular weight excluding hydrogens is 475 g/mol. The van der Waals surface area contributed by atoms with Crippen molar-refractivity contribution < 1.29 is 13.2 Å². The van der Waals surface area contributed by atoms with Crippen LogP contribution >= 0.6 is 46.1 Å². The van der Waals surface area contributed by atoms with Gasteiger partial charge in [-0.15, -0.1) is 11.3 Å². The largest absolute Gasteiger partial charge is 0.321 e. The molecular formula is C19H17Cl3N2O3S2. The zero-order chi connectivity index (χ0) is 21.3. The smallest absolute Gasteiger partial charge is 0.267 e. The molecule has 0 bridgehead atoms. The number of nitrogens with zero attached hydrogens (tertiary/aromatic N) is 1. The van der Waals surface area contributed by atoms with Crippen LogP contribution in [0.4, 0.5) is 5.69 Å². The van der Waals surface area contributed by atoms with Gasteiger partial charge in [0.15, 0.2) is 0 Å². The third kappa shape index (κ3) is 4.40. The summed E-state index contributed by atoms with van der Waals surface area (Å²) in [5, 5.41) is 4.39. The topological polar surface area (TPSA) is 66.5 Å². The van der Waals surface area contributed by atoms with E-state index in [4.69, 9.17) is 34.8 Å². The van der Waals surface area contributed by atoms with Gasteiger partial charge in [0.2, 0.25) is 10.0 Å². The highest BCUT2D eigenvalue weighted by molar-refractivity contribution is 7.89. The number of nitrogens with one attached hydrogen (secondary N) is 1. The maximum absolute atomic E-state index is 12.7. The highest BCUT2D eigenvalue weighted by Gasteiger charge is 2.22. The van der Waals surface area contributed by atoms with Gasteiger partial charge in [0.1, 0.15) is 4.88 Å². The molecule has 29 heavy (non-hydrogen) atoms. The molecule has 1 amide bonds. The normalized spacial score (nSPS) is 11.9. The highest BCUT2D eigenvalue weighted by atomic mass is 35.5. The van der Waals surface area contributed by atoms with Crippen LogP contribution in [0.25, 0.3) is 10.1 Å². The van der Waals surface area contributed by atoms with Gasteiger partial charge in [0.25, 0.3) is 5.91 Å². The minimum Gasteiger partial charge on any atom is -0.321 e. The third-order valence-corrected chi connectivity index (χ3v) is 8.52. The lowest BCUT2D eigenvalue weighted by Crippen LogP contribution is -2.30. The highest BCUT2D eigenvalue weighted by Crippen LogP contribution is 2.41. The summed E-state index contributed by atoms with van der Waals surface area (Å²) in [5.74, 6) is -0.414. The number of benzene rings is 2. The molecule has 0 saturated carbocycles. The van der Waals surface area contributed by atoms with Gasteiger partial charge in [-0.05, 0) is 36.4 Å². The zero-order valence-electron chi connectivity index (χ0n) is 15.5. The Morgan fingerprint density at radius 1 is 1.07 bits per heavy atom. The second kappa shape index (κ2) is 8.79. The molecule has 3 aromatic rings. The van der Waals surface area contributed by atoms with E-state index in [2.05, 4.69) is 5.32 Å². The summed E-state index contributed by atoms with van der Waals surface area (Å²) in [6.07, 6.45) is 0. The van der Waals surface area contributed by atoms with Crippen LogP contribution in [-0.2, 0) is 10.0 Å². The lowest BCUT2D eigenvalue weighted by Gasteiger charge is -2.18. The fourth-order valence-electron chi connectivity index (χ4n) is 2.87. The van der Waals surface area contributed by atoms with E-state index in [9.17, 15) is 13.2 Å². The van der Waals surface area contributed by atoms with Crippen LogP contribution in [0.5, 0.6) is 0 Å². The number of hydrogen-bond donors (Lipinski definition) is 1. The minimum atomic E-state index is -3.56. The molecule has 154 valence electrons. The monoisotopic (exact) mass is 490 g/mol. The molecule has 2 aromatic carbocycles. The van der Waals surface area contributed by atoms with Crippen molar-refractivity contribution in [3.05, 3.63) is 56.3 Å². The van der Waals surface area contributed by atoms with Crippen molar-refractivity contribution in [3.8, 4) is 0 Å². The van der Waals surface area contributed by atoms with Gasteiger partial charge in [0, 0.05) is 33.9 Å². The van der Waals surface area contributed by atoms with Gasteiger partial charge in [0.05, 0.1) is 14.9 Å². The molecule has 0 saturated heterocycles. The number of carbonyl (C=O) groups is 1. The van der Waals surface area contributed by atoms with E-state index >= 15 is 0 Å². The number of amides is 1. The van der Waals surface area contributed by atoms with Gasteiger partial charge in [-0.3, -0.25) is 4.79 Å². The molecule has 1 heterocycles. The van der Waals surface area contributed by atoms with Gasteiger partial charge in [-0.2, -0.15) is 4.31 Å². The van der Waals surface area contributed by atoms with E-state index < -0.39 is 15.9 Å². The van der Waals surface area contributed by atoms with E-state index in [1.54, 1.807) is 38.1 Å². The summed E-state index contributed by atoms with van der Waals surface area (Å²) in [6, 6.07) is 9.28. The van der Waals surface area contributed by atoms with Crippen molar-refractivity contribution in [2.45, 2.75) is 18.7 Å². The Hall–Kier alpha value is -1.35. The van der Waals surface area contributed by atoms with Crippen LogP contribution in [-0.4, -0.2) is 31.7 Å². The van der Waals surface area contributed by atoms with Crippen LogP contribution < -0.4 is 5.32 Å². The van der Waals surface area contributed by atoms with E-state index in [1.165, 1.54) is 27.8 Å². The molecule has 10 heteroatoms. The molecule has 0 radical (unpaired) electrons. The predicted molar refractivity (Wildman–Crippen MR) is 121 cm³/mol. The molecule has 1 aromatic heterocycles. The third-order valence-electron chi connectivity index (χ3n) is 4.31. The second-order valence-corrected chi connectivity index (χ2v) is 10.3. The molecule has 0 fully saturated rings. The quantitative estimate of drug-likeness (QED) is 0.450. The van der Waals surface area contributed by atoms with Crippen LogP contribution in [0.3, 0.4) is 0 Å². The number of carbonyl (C=O) groups excluding carboxylic acids is 1. The molecule has 0 aliphatic heterocycles. The Bertz CT molecular complexity index is 1170. The summed E-state index contributed by atoms with van der Waals surface area (Å²) >= 11 is 19.8. The van der Waals surface area contributed by atoms with Gasteiger partial charge in [-0.25, -0.2) is 8.42 Å². The van der Waals surface area contributed by atoms with Crippen molar-refractivity contribution in [3.63, 3.8) is 0 Å². The SMILES string of the molecule is CCN(CC)S(=O)(=O)c1ccc(NC(=O)c2sc3cc(Cl)cc(Cl)c3c2Cl)cc1. The first-order valence-electron chi connectivity index (χ1n) is 8.67. The summed E-state index contributed by atoms with van der Waals surface area (Å²) < 4.78 is 27.2. The predicted octanol–water partition coefficient (Wildman–Crippen LogP) is 6.14. The number of rotatable bonds is 6. The standard InChI is InChI=1S/C19H17Cl3N2O3S2/c1-3-24(4-2)29(26,27)13-7-5-12(6-8-13)23-19(25)18-17(22)16-14(21)9-11(20)10-15(16)28-18/h5-10H,3-4H2,1-2H3,(H,23,25). The van der Waals surface area contributed by atoms with Gasteiger partial charge >= 0.3 is 0 Å². The Labute approximate surface area is 188 Å². The van der Waals surface area contributed by atoms with Crippen molar-refractivity contribution >= 4 is 77.8 Å². The van der Waals surface area contributed by atoms with Crippen LogP contribution in [0.2, 0.25) is 15.1 Å². The summed E-state index contributed by atoms with van der Waals surface area (Å²) in [4.78, 5) is 13.2. The Morgan fingerprint density at radius 2 is 1.69 bits per heavy atom. The average molecular weight is 492 g/mol. The lowest BCUT2D eigenvalue weighted by atomic mass is 10.2. The maximum atomic E-state index is 12.7. The average Bonchev–Trinajstić information content (AvgIpc) is 2.99. The fourth-order valence-corrected chi connectivity index (χ4v) is 6.60. The number of sulfonamides is 1. The zero-order valence-corrected chi connectivity index (χ0v) is 19.4. The first kappa shape index (κ1) is 22.3. The molecule has 0 unspecified atom stereocenters. The number of halogens is 3. The Morgan fingerprint density at radius 3 is 2.28 bits per heavy atom. The molecule has 3 rings (SSSR count). The molecule has 5 nitrogen and oxygen atoms in total. The lowest BCUT2D eigenvalue weighted by molar-refractivity contribution is 0.103. The molecule has 0 atom stereocenters. The number of anilines is 1. The van der Waals surface area contributed by atoms with Crippen LogP contribution in [0.15, 0.2) is 41.3 Å². The summed E-state index contributed by atoms with van der Waals surface area (Å²) in [6.45, 7) is 4.33. The summed E-state index contributed by atoms with van der Waals surface area (Å²) in [7, 11) is -3.56. The molecule has 0 aliphatic rings. The number of thiophene rings is 1. The summed E-state index contributed by atoms with van der Waals surface area (Å²) in [5.41, 5.74) is 0.450. The number of fused-ring (bicyclic) bond motifs is 1. The van der Waals surface area contributed by atoms with E-state index in [1.807, 2.05) is 0 Å². The van der Waals surface area contributed by atoms with E-state index in [-0.39, 0.29) is 9.92 Å². The van der Waals surface area contributed by atoms with Crippen molar-refractivity contribution in [2.75, 3.05) is 18.4 Å².